The van der Waals surface area contributed by atoms with Gasteiger partial charge in [0.05, 0.1) is 31.5 Å². The van der Waals surface area contributed by atoms with Crippen LogP contribution in [-0.2, 0) is 4.74 Å². The highest BCUT2D eigenvalue weighted by Crippen LogP contribution is 2.22. The first-order valence-corrected chi connectivity index (χ1v) is 4.77. The van der Waals surface area contributed by atoms with E-state index >= 15 is 0 Å². The number of hydrogen-bond donors (Lipinski definition) is 0. The summed E-state index contributed by atoms with van der Waals surface area (Å²) in [6, 6.07) is 7.08. The Morgan fingerprint density at radius 2 is 2.12 bits per heavy atom. The van der Waals surface area contributed by atoms with E-state index in [1.54, 1.807) is 31.5 Å². The minimum Gasteiger partial charge on any atom is -0.495 e. The summed E-state index contributed by atoms with van der Waals surface area (Å²) in [6.07, 6.45) is 1.61. The van der Waals surface area contributed by atoms with Crippen LogP contribution in [0.3, 0.4) is 0 Å². The summed E-state index contributed by atoms with van der Waals surface area (Å²) < 4.78 is 9.79. The Bertz CT molecular complexity index is 537. The Hall–Kier alpha value is -2.10. The Balaban J connectivity index is 2.68. The van der Waals surface area contributed by atoms with Crippen molar-refractivity contribution in [1.29, 1.82) is 0 Å². The predicted molar refractivity (Wildman–Crippen MR) is 59.6 cm³/mol. The molecule has 0 spiro atoms. The van der Waals surface area contributed by atoms with Gasteiger partial charge in [0.1, 0.15) is 5.75 Å². The molecule has 4 nitrogen and oxygen atoms in total. The first-order valence-electron chi connectivity index (χ1n) is 4.77. The van der Waals surface area contributed by atoms with E-state index in [0.29, 0.717) is 11.3 Å². The van der Waals surface area contributed by atoms with Gasteiger partial charge in [0.25, 0.3) is 0 Å². The monoisotopic (exact) mass is 217 g/mol. The van der Waals surface area contributed by atoms with E-state index in [2.05, 4.69) is 4.98 Å². The summed E-state index contributed by atoms with van der Waals surface area (Å²) in [6.45, 7) is 0. The average molecular weight is 217 g/mol. The number of pyridine rings is 1. The fourth-order valence-electron chi connectivity index (χ4n) is 1.53. The largest absolute Gasteiger partial charge is 0.495 e. The lowest BCUT2D eigenvalue weighted by Gasteiger charge is -2.05. The second-order valence-corrected chi connectivity index (χ2v) is 3.24. The smallest absolute Gasteiger partial charge is 0.338 e. The van der Waals surface area contributed by atoms with Gasteiger partial charge in [0, 0.05) is 5.39 Å². The molecule has 1 aromatic carbocycles. The number of nitrogens with zero attached hydrogens (tertiary/aromatic N) is 1. The van der Waals surface area contributed by atoms with Crippen molar-refractivity contribution in [2.24, 2.45) is 0 Å². The normalized spacial score (nSPS) is 10.1. The summed E-state index contributed by atoms with van der Waals surface area (Å²) in [4.78, 5) is 15.7. The maximum atomic E-state index is 11.5. The van der Waals surface area contributed by atoms with E-state index in [0.717, 1.165) is 10.9 Å². The number of fused-ring (bicyclic) bond motifs is 1. The van der Waals surface area contributed by atoms with Gasteiger partial charge >= 0.3 is 5.97 Å². The van der Waals surface area contributed by atoms with Crippen molar-refractivity contribution in [3.63, 3.8) is 0 Å². The zero-order valence-corrected chi connectivity index (χ0v) is 9.06. The Kier molecular flexibility index (Phi) is 2.72. The lowest BCUT2D eigenvalue weighted by molar-refractivity contribution is 0.0603. The summed E-state index contributed by atoms with van der Waals surface area (Å²) in [5.41, 5.74) is 1.23. The molecule has 1 heterocycles. The molecule has 0 saturated carbocycles. The molecule has 0 atom stereocenters. The van der Waals surface area contributed by atoms with Gasteiger partial charge < -0.3 is 9.47 Å². The van der Waals surface area contributed by atoms with Gasteiger partial charge in [-0.1, -0.05) is 6.07 Å². The molecular formula is C12H11NO3. The van der Waals surface area contributed by atoms with Gasteiger partial charge in [0.15, 0.2) is 0 Å². The van der Waals surface area contributed by atoms with Crippen LogP contribution in [0, 0.1) is 0 Å². The third kappa shape index (κ3) is 1.69. The molecule has 1 aromatic heterocycles. The van der Waals surface area contributed by atoms with Crippen LogP contribution in [0.15, 0.2) is 30.5 Å². The molecule has 2 rings (SSSR count). The predicted octanol–water partition coefficient (Wildman–Crippen LogP) is 2.03. The van der Waals surface area contributed by atoms with Crippen LogP contribution in [0.4, 0.5) is 0 Å². The highest BCUT2D eigenvalue weighted by Gasteiger charge is 2.10. The molecule has 16 heavy (non-hydrogen) atoms. The number of benzene rings is 1. The zero-order valence-electron chi connectivity index (χ0n) is 9.06. The molecule has 0 bridgehead atoms. The molecule has 0 amide bonds. The van der Waals surface area contributed by atoms with Crippen molar-refractivity contribution >= 4 is 16.9 Å². The van der Waals surface area contributed by atoms with Crippen molar-refractivity contribution < 1.29 is 14.3 Å². The topological polar surface area (TPSA) is 48.4 Å². The number of hydrogen-bond acceptors (Lipinski definition) is 4. The van der Waals surface area contributed by atoms with Crippen LogP contribution in [0.1, 0.15) is 10.4 Å². The number of aromatic nitrogens is 1. The first-order chi connectivity index (χ1) is 7.76. The van der Waals surface area contributed by atoms with Crippen LogP contribution in [0.5, 0.6) is 5.75 Å². The Labute approximate surface area is 92.8 Å². The van der Waals surface area contributed by atoms with Crippen LogP contribution in [0.25, 0.3) is 10.9 Å². The molecule has 0 fully saturated rings. The number of esters is 1. The molecule has 0 unspecified atom stereocenters. The maximum absolute atomic E-state index is 11.5. The van der Waals surface area contributed by atoms with Gasteiger partial charge in [-0.15, -0.1) is 0 Å². The molecule has 0 N–H and O–H groups in total. The minimum atomic E-state index is -0.374. The molecule has 0 radical (unpaired) electrons. The van der Waals surface area contributed by atoms with Crippen LogP contribution < -0.4 is 4.74 Å². The third-order valence-electron chi connectivity index (χ3n) is 2.34. The van der Waals surface area contributed by atoms with Crippen molar-refractivity contribution in [3.05, 3.63) is 36.0 Å². The summed E-state index contributed by atoms with van der Waals surface area (Å²) >= 11 is 0. The number of carbonyl (C=O) groups excluding carboxylic acids is 1. The van der Waals surface area contributed by atoms with E-state index in [9.17, 15) is 4.79 Å². The molecule has 2 aromatic rings. The van der Waals surface area contributed by atoms with Crippen molar-refractivity contribution in [2.75, 3.05) is 14.2 Å². The van der Waals surface area contributed by atoms with Gasteiger partial charge in [0.2, 0.25) is 0 Å². The van der Waals surface area contributed by atoms with E-state index in [4.69, 9.17) is 9.47 Å². The lowest BCUT2D eigenvalue weighted by Crippen LogP contribution is -2.02. The van der Waals surface area contributed by atoms with Crippen molar-refractivity contribution in [3.8, 4) is 5.75 Å². The molecule has 0 aliphatic carbocycles. The van der Waals surface area contributed by atoms with Crippen LogP contribution in [-0.4, -0.2) is 25.2 Å². The van der Waals surface area contributed by atoms with Crippen molar-refractivity contribution in [2.45, 2.75) is 0 Å². The standard InChI is InChI=1S/C12H11NO3/c1-15-8-6-10-9(12(14)16-2)4-3-5-11(10)13-7-8/h3-7H,1-2H3. The van der Waals surface area contributed by atoms with Gasteiger partial charge in [-0.2, -0.15) is 0 Å². The number of methoxy groups -OCH3 is 2. The highest BCUT2D eigenvalue weighted by molar-refractivity contribution is 6.03. The average Bonchev–Trinajstić information content (AvgIpc) is 2.36. The Morgan fingerprint density at radius 3 is 2.81 bits per heavy atom. The fraction of sp³-hybridized carbons (Fsp3) is 0.167. The molecular weight excluding hydrogens is 206 g/mol. The number of ether oxygens (including phenoxy) is 2. The molecule has 82 valence electrons. The van der Waals surface area contributed by atoms with Gasteiger partial charge in [-0.05, 0) is 18.2 Å². The minimum absolute atomic E-state index is 0.374. The molecule has 0 aliphatic heterocycles. The van der Waals surface area contributed by atoms with Crippen LogP contribution >= 0.6 is 0 Å². The molecule has 0 aliphatic rings. The third-order valence-corrected chi connectivity index (χ3v) is 2.34. The lowest BCUT2D eigenvalue weighted by atomic mass is 10.1. The number of rotatable bonds is 2. The molecule has 0 saturated heterocycles. The summed E-state index contributed by atoms with van der Waals surface area (Å²) in [5, 5.41) is 0.730. The van der Waals surface area contributed by atoms with Crippen molar-refractivity contribution in [1.82, 2.24) is 4.98 Å². The van der Waals surface area contributed by atoms with Crippen LogP contribution in [0.2, 0.25) is 0 Å². The van der Waals surface area contributed by atoms with E-state index in [1.165, 1.54) is 7.11 Å². The molecule has 4 heteroatoms. The maximum Gasteiger partial charge on any atom is 0.338 e. The van der Waals surface area contributed by atoms with E-state index in [1.807, 2.05) is 6.07 Å². The number of carbonyl (C=O) groups is 1. The SMILES string of the molecule is COC(=O)c1cccc2ncc(OC)cc12. The fourth-order valence-corrected chi connectivity index (χ4v) is 1.53. The van der Waals surface area contributed by atoms with E-state index in [-0.39, 0.29) is 5.97 Å². The second kappa shape index (κ2) is 4.18. The van der Waals surface area contributed by atoms with Gasteiger partial charge in [-0.3, -0.25) is 4.98 Å². The highest BCUT2D eigenvalue weighted by atomic mass is 16.5. The quantitative estimate of drug-likeness (QED) is 0.722. The Morgan fingerprint density at radius 1 is 1.31 bits per heavy atom. The summed E-state index contributed by atoms with van der Waals surface area (Å²) in [7, 11) is 2.92. The second-order valence-electron chi connectivity index (χ2n) is 3.24. The summed E-state index contributed by atoms with van der Waals surface area (Å²) in [5.74, 6) is 0.240. The first kappa shape index (κ1) is 10.4. The van der Waals surface area contributed by atoms with Gasteiger partial charge in [-0.25, -0.2) is 4.79 Å². The van der Waals surface area contributed by atoms with E-state index < -0.39 is 0 Å². The zero-order chi connectivity index (χ0) is 11.5.